The molecule has 2 aromatic carbocycles. The fraction of sp³-hybridized carbons (Fsp3) is 0.167. The fourth-order valence-electron chi connectivity index (χ4n) is 2.63. The van der Waals surface area contributed by atoms with E-state index in [1.165, 1.54) is 12.1 Å². The van der Waals surface area contributed by atoms with Crippen molar-refractivity contribution < 1.29 is 13.5 Å². The van der Waals surface area contributed by atoms with E-state index in [2.05, 4.69) is 5.10 Å². The molecular formula is C18H18ClN3O3S. The molecule has 0 atom stereocenters. The van der Waals surface area contributed by atoms with Gasteiger partial charge in [0.2, 0.25) is 10.0 Å². The minimum Gasteiger partial charge on any atom is -0.396 e. The number of hydrogen-bond acceptors (Lipinski definition) is 4. The number of rotatable bonds is 6. The first-order valence-corrected chi connectivity index (χ1v) is 9.88. The van der Waals surface area contributed by atoms with Crippen LogP contribution in [0.15, 0.2) is 59.6 Å². The van der Waals surface area contributed by atoms with Gasteiger partial charge in [-0.3, -0.25) is 4.68 Å². The molecular weight excluding hydrogens is 374 g/mol. The molecule has 0 aliphatic heterocycles. The molecule has 0 fully saturated rings. The molecule has 3 N–H and O–H groups in total. The molecule has 0 amide bonds. The summed E-state index contributed by atoms with van der Waals surface area (Å²) in [7, 11) is -3.74. The predicted molar refractivity (Wildman–Crippen MR) is 101 cm³/mol. The van der Waals surface area contributed by atoms with E-state index in [9.17, 15) is 8.42 Å². The molecule has 1 heterocycles. The van der Waals surface area contributed by atoms with Crippen LogP contribution < -0.4 is 5.14 Å². The molecule has 1 aromatic heterocycles. The SMILES string of the molecule is NS(=O)(=O)c1ccc(-c2nn(CCCO)cc2-c2ccc(Cl)cc2)cc1. The second-order valence-electron chi connectivity index (χ2n) is 5.81. The van der Waals surface area contributed by atoms with Crippen molar-refractivity contribution in [2.45, 2.75) is 17.9 Å². The van der Waals surface area contributed by atoms with E-state index in [4.69, 9.17) is 21.8 Å². The number of aliphatic hydroxyl groups is 1. The Balaban J connectivity index is 2.06. The van der Waals surface area contributed by atoms with Gasteiger partial charge < -0.3 is 5.11 Å². The molecule has 3 rings (SSSR count). The van der Waals surface area contributed by atoms with Gasteiger partial charge >= 0.3 is 0 Å². The number of benzene rings is 2. The average molecular weight is 392 g/mol. The number of sulfonamides is 1. The summed E-state index contributed by atoms with van der Waals surface area (Å²) in [5, 5.41) is 19.4. The predicted octanol–water partition coefficient (Wildman–Crippen LogP) is 2.90. The quantitative estimate of drug-likeness (QED) is 0.674. The topological polar surface area (TPSA) is 98.2 Å². The average Bonchev–Trinajstić information content (AvgIpc) is 3.04. The summed E-state index contributed by atoms with van der Waals surface area (Å²) in [6.07, 6.45) is 2.49. The third kappa shape index (κ3) is 4.13. The van der Waals surface area contributed by atoms with Crippen molar-refractivity contribution in [3.8, 4) is 22.4 Å². The number of aliphatic hydroxyl groups excluding tert-OH is 1. The Bertz CT molecular complexity index is 997. The molecule has 0 bridgehead atoms. The lowest BCUT2D eigenvalue weighted by Gasteiger charge is -2.04. The number of hydrogen-bond donors (Lipinski definition) is 2. The van der Waals surface area contributed by atoms with E-state index in [0.29, 0.717) is 23.7 Å². The number of nitrogens with zero attached hydrogens (tertiary/aromatic N) is 2. The summed E-state index contributed by atoms with van der Waals surface area (Å²) < 4.78 is 24.7. The first-order chi connectivity index (χ1) is 12.4. The van der Waals surface area contributed by atoms with E-state index in [1.54, 1.807) is 28.9 Å². The monoisotopic (exact) mass is 391 g/mol. The van der Waals surface area contributed by atoms with Gasteiger partial charge in [0.25, 0.3) is 0 Å². The van der Waals surface area contributed by atoms with Crippen LogP contribution in [0, 0.1) is 0 Å². The Morgan fingerprint density at radius 1 is 1.04 bits per heavy atom. The molecule has 0 aliphatic carbocycles. The lowest BCUT2D eigenvalue weighted by Crippen LogP contribution is -2.11. The van der Waals surface area contributed by atoms with Gasteiger partial charge in [0.1, 0.15) is 5.69 Å². The first-order valence-electron chi connectivity index (χ1n) is 7.96. The van der Waals surface area contributed by atoms with Crippen molar-refractivity contribution in [1.82, 2.24) is 9.78 Å². The molecule has 26 heavy (non-hydrogen) atoms. The van der Waals surface area contributed by atoms with E-state index in [0.717, 1.165) is 16.7 Å². The minimum absolute atomic E-state index is 0.0500. The maximum absolute atomic E-state index is 11.4. The number of nitrogens with two attached hydrogens (primary N) is 1. The van der Waals surface area contributed by atoms with Crippen LogP contribution in [0.3, 0.4) is 0 Å². The van der Waals surface area contributed by atoms with E-state index >= 15 is 0 Å². The molecule has 0 unspecified atom stereocenters. The number of aromatic nitrogens is 2. The molecule has 136 valence electrons. The molecule has 0 radical (unpaired) electrons. The second-order valence-corrected chi connectivity index (χ2v) is 7.81. The van der Waals surface area contributed by atoms with Crippen molar-refractivity contribution in [2.24, 2.45) is 5.14 Å². The Hall–Kier alpha value is -2.19. The van der Waals surface area contributed by atoms with Crippen LogP contribution in [0.1, 0.15) is 6.42 Å². The van der Waals surface area contributed by atoms with E-state index < -0.39 is 10.0 Å². The zero-order valence-corrected chi connectivity index (χ0v) is 15.4. The molecule has 3 aromatic rings. The standard InChI is InChI=1S/C18H18ClN3O3S/c19-15-6-2-13(3-7-15)17-12-22(10-1-11-23)21-18(17)14-4-8-16(9-5-14)26(20,24)25/h2-9,12,23H,1,10-11H2,(H2,20,24,25). The maximum atomic E-state index is 11.4. The highest BCUT2D eigenvalue weighted by Gasteiger charge is 2.15. The zero-order valence-electron chi connectivity index (χ0n) is 13.8. The van der Waals surface area contributed by atoms with Gasteiger partial charge in [0, 0.05) is 35.5 Å². The van der Waals surface area contributed by atoms with Gasteiger partial charge in [-0.25, -0.2) is 13.6 Å². The Labute approximate surface area is 156 Å². The van der Waals surface area contributed by atoms with Gasteiger partial charge in [-0.05, 0) is 36.2 Å². The lowest BCUT2D eigenvalue weighted by molar-refractivity contribution is 0.277. The highest BCUT2D eigenvalue weighted by Crippen LogP contribution is 2.32. The lowest BCUT2D eigenvalue weighted by atomic mass is 10.0. The molecule has 8 heteroatoms. The summed E-state index contributed by atoms with van der Waals surface area (Å²) in [4.78, 5) is 0.0500. The molecule has 0 spiro atoms. The van der Waals surface area contributed by atoms with Gasteiger partial charge in [0.15, 0.2) is 0 Å². The number of aryl methyl sites for hydroxylation is 1. The molecule has 0 saturated carbocycles. The van der Waals surface area contributed by atoms with Gasteiger partial charge in [-0.1, -0.05) is 35.9 Å². The van der Waals surface area contributed by atoms with Crippen LogP contribution in [0.5, 0.6) is 0 Å². The van der Waals surface area contributed by atoms with E-state index in [1.807, 2.05) is 18.3 Å². The number of halogens is 1. The Kier molecular flexibility index (Phi) is 5.43. The normalized spacial score (nSPS) is 11.7. The van der Waals surface area contributed by atoms with Crippen molar-refractivity contribution in [1.29, 1.82) is 0 Å². The molecule has 0 aliphatic rings. The smallest absolute Gasteiger partial charge is 0.238 e. The van der Waals surface area contributed by atoms with Crippen LogP contribution in [-0.2, 0) is 16.6 Å². The van der Waals surface area contributed by atoms with Gasteiger partial charge in [-0.2, -0.15) is 5.10 Å². The zero-order chi connectivity index (χ0) is 18.7. The van der Waals surface area contributed by atoms with Gasteiger partial charge in [0.05, 0.1) is 4.90 Å². The highest BCUT2D eigenvalue weighted by molar-refractivity contribution is 7.89. The third-order valence-electron chi connectivity index (χ3n) is 3.92. The van der Waals surface area contributed by atoms with Gasteiger partial charge in [-0.15, -0.1) is 0 Å². The van der Waals surface area contributed by atoms with Crippen molar-refractivity contribution >= 4 is 21.6 Å². The fourth-order valence-corrected chi connectivity index (χ4v) is 3.27. The van der Waals surface area contributed by atoms with Crippen LogP contribution in [0.4, 0.5) is 0 Å². The van der Waals surface area contributed by atoms with E-state index in [-0.39, 0.29) is 11.5 Å². The van der Waals surface area contributed by atoms with Crippen LogP contribution in [0.25, 0.3) is 22.4 Å². The largest absolute Gasteiger partial charge is 0.396 e. The first kappa shape index (κ1) is 18.6. The molecule has 6 nitrogen and oxygen atoms in total. The summed E-state index contributed by atoms with van der Waals surface area (Å²) in [6, 6.07) is 13.7. The Morgan fingerprint density at radius 2 is 1.65 bits per heavy atom. The van der Waals surface area contributed by atoms with Crippen LogP contribution >= 0.6 is 11.6 Å². The summed E-state index contributed by atoms with van der Waals surface area (Å²) in [5.41, 5.74) is 3.31. The second kappa shape index (κ2) is 7.59. The highest BCUT2D eigenvalue weighted by atomic mass is 35.5. The third-order valence-corrected chi connectivity index (χ3v) is 5.10. The van der Waals surface area contributed by atoms with Crippen molar-refractivity contribution in [3.63, 3.8) is 0 Å². The van der Waals surface area contributed by atoms with Crippen molar-refractivity contribution in [3.05, 3.63) is 59.8 Å². The van der Waals surface area contributed by atoms with Crippen LogP contribution in [-0.4, -0.2) is 29.9 Å². The van der Waals surface area contributed by atoms with Crippen molar-refractivity contribution in [2.75, 3.05) is 6.61 Å². The minimum atomic E-state index is -3.74. The summed E-state index contributed by atoms with van der Waals surface area (Å²) >= 11 is 5.97. The van der Waals surface area contributed by atoms with Crippen LogP contribution in [0.2, 0.25) is 5.02 Å². The maximum Gasteiger partial charge on any atom is 0.238 e. The Morgan fingerprint density at radius 3 is 2.23 bits per heavy atom. The summed E-state index contributed by atoms with van der Waals surface area (Å²) in [6.45, 7) is 0.654. The molecule has 0 saturated heterocycles. The summed E-state index contributed by atoms with van der Waals surface area (Å²) in [5.74, 6) is 0. The number of primary sulfonamides is 1.